The molecule has 0 spiro atoms. The number of hydrogen-bond donors (Lipinski definition) is 0. The fraction of sp³-hybridized carbons (Fsp3) is 0.481. The fourth-order valence-electron chi connectivity index (χ4n) is 5.63. The standard InChI is InChI=1S/C27H31F3N2O4/c1-16-10-18(15-26(2,3)14-16)32-22-13-23(34-4)20(25(33)35-5)12-21(22)31-24(32)11-17-6-8-19(9-7-17)36-27(28,29)30/h6-9,12-13,16,18H,10-11,14-15H2,1-5H3. The Labute approximate surface area is 208 Å². The molecule has 0 radical (unpaired) electrons. The summed E-state index contributed by atoms with van der Waals surface area (Å²) in [5.74, 6) is 0.902. The predicted octanol–water partition coefficient (Wildman–Crippen LogP) is 6.71. The van der Waals surface area contributed by atoms with Crippen LogP contribution in [-0.2, 0) is 11.2 Å². The van der Waals surface area contributed by atoms with Gasteiger partial charge in [-0.25, -0.2) is 9.78 Å². The van der Waals surface area contributed by atoms with Crippen LogP contribution in [0.3, 0.4) is 0 Å². The van der Waals surface area contributed by atoms with E-state index in [0.717, 1.165) is 36.2 Å². The van der Waals surface area contributed by atoms with Crippen LogP contribution in [0.2, 0.25) is 0 Å². The molecule has 6 nitrogen and oxygen atoms in total. The highest BCUT2D eigenvalue weighted by Crippen LogP contribution is 2.45. The van der Waals surface area contributed by atoms with Crippen LogP contribution >= 0.6 is 0 Å². The van der Waals surface area contributed by atoms with Crippen LogP contribution in [0.4, 0.5) is 13.2 Å². The van der Waals surface area contributed by atoms with Crippen molar-refractivity contribution in [2.75, 3.05) is 14.2 Å². The maximum Gasteiger partial charge on any atom is 0.573 e. The Kier molecular flexibility index (Phi) is 6.94. The minimum atomic E-state index is -4.74. The summed E-state index contributed by atoms with van der Waals surface area (Å²) in [7, 11) is 2.82. The quantitative estimate of drug-likeness (QED) is 0.349. The molecule has 2 aromatic carbocycles. The highest BCUT2D eigenvalue weighted by atomic mass is 19.4. The smallest absolute Gasteiger partial charge is 0.496 e. The van der Waals surface area contributed by atoms with E-state index >= 15 is 0 Å². The Bertz CT molecular complexity index is 1250. The number of hydrogen-bond acceptors (Lipinski definition) is 5. The largest absolute Gasteiger partial charge is 0.573 e. The van der Waals surface area contributed by atoms with E-state index in [0.29, 0.717) is 23.6 Å². The highest BCUT2D eigenvalue weighted by molar-refractivity contribution is 5.97. The molecule has 194 valence electrons. The fourth-order valence-corrected chi connectivity index (χ4v) is 5.63. The second kappa shape index (κ2) is 9.67. The third-order valence-electron chi connectivity index (χ3n) is 6.74. The molecule has 1 fully saturated rings. The van der Waals surface area contributed by atoms with E-state index in [2.05, 4.69) is 30.1 Å². The van der Waals surface area contributed by atoms with Gasteiger partial charge in [0.05, 0.1) is 25.3 Å². The number of alkyl halides is 3. The molecular formula is C27H31F3N2O4. The van der Waals surface area contributed by atoms with Crippen molar-refractivity contribution >= 4 is 17.0 Å². The molecular weight excluding hydrogens is 473 g/mol. The van der Waals surface area contributed by atoms with E-state index in [1.807, 2.05) is 6.07 Å². The van der Waals surface area contributed by atoms with Gasteiger partial charge in [-0.2, -0.15) is 0 Å². The van der Waals surface area contributed by atoms with Crippen LogP contribution in [0.15, 0.2) is 36.4 Å². The average Bonchev–Trinajstić information content (AvgIpc) is 3.13. The van der Waals surface area contributed by atoms with Gasteiger partial charge in [0.1, 0.15) is 22.9 Å². The molecule has 1 aliphatic carbocycles. The van der Waals surface area contributed by atoms with E-state index < -0.39 is 12.3 Å². The number of imidazole rings is 1. The number of rotatable bonds is 6. The summed E-state index contributed by atoms with van der Waals surface area (Å²) in [6, 6.07) is 9.50. The molecule has 0 bridgehead atoms. The van der Waals surface area contributed by atoms with Gasteiger partial charge in [0.25, 0.3) is 0 Å². The lowest BCUT2D eigenvalue weighted by atomic mass is 9.70. The van der Waals surface area contributed by atoms with Gasteiger partial charge in [-0.15, -0.1) is 13.2 Å². The molecule has 1 aliphatic rings. The topological polar surface area (TPSA) is 62.6 Å². The molecule has 3 aromatic rings. The molecule has 0 N–H and O–H groups in total. The van der Waals surface area contributed by atoms with E-state index in [9.17, 15) is 18.0 Å². The number of fused-ring (bicyclic) bond motifs is 1. The summed E-state index contributed by atoms with van der Waals surface area (Å²) in [6.45, 7) is 6.79. The summed E-state index contributed by atoms with van der Waals surface area (Å²) in [4.78, 5) is 17.2. The summed E-state index contributed by atoms with van der Waals surface area (Å²) in [6.07, 6.45) is -1.28. The molecule has 1 aromatic heterocycles. The first-order valence-electron chi connectivity index (χ1n) is 11.9. The number of benzene rings is 2. The first-order chi connectivity index (χ1) is 16.9. The van der Waals surface area contributed by atoms with Crippen molar-refractivity contribution < 1.29 is 32.2 Å². The molecule has 2 unspecified atom stereocenters. The number of esters is 1. The minimum absolute atomic E-state index is 0.142. The molecule has 0 saturated heterocycles. The van der Waals surface area contributed by atoms with Crippen molar-refractivity contribution in [1.29, 1.82) is 0 Å². The summed E-state index contributed by atoms with van der Waals surface area (Å²) >= 11 is 0. The van der Waals surface area contributed by atoms with Crippen LogP contribution in [0.5, 0.6) is 11.5 Å². The zero-order chi connectivity index (χ0) is 26.3. The normalized spacial score (nSPS) is 19.8. The average molecular weight is 505 g/mol. The molecule has 9 heteroatoms. The van der Waals surface area contributed by atoms with Gasteiger partial charge < -0.3 is 18.8 Å². The Morgan fingerprint density at radius 2 is 1.83 bits per heavy atom. The van der Waals surface area contributed by atoms with Gasteiger partial charge in [0.15, 0.2) is 0 Å². The number of carbonyl (C=O) groups is 1. The number of methoxy groups -OCH3 is 2. The monoisotopic (exact) mass is 504 g/mol. The molecule has 2 atom stereocenters. The Morgan fingerprint density at radius 3 is 2.42 bits per heavy atom. The number of nitrogens with zero attached hydrogens (tertiary/aromatic N) is 2. The van der Waals surface area contributed by atoms with Crippen molar-refractivity contribution in [3.8, 4) is 11.5 Å². The number of aromatic nitrogens is 2. The molecule has 0 aliphatic heterocycles. The van der Waals surface area contributed by atoms with E-state index in [1.165, 1.54) is 26.4 Å². The number of carbonyl (C=O) groups excluding carboxylic acids is 1. The van der Waals surface area contributed by atoms with E-state index in [4.69, 9.17) is 14.5 Å². The van der Waals surface area contributed by atoms with Gasteiger partial charge in [0, 0.05) is 18.5 Å². The van der Waals surface area contributed by atoms with Gasteiger partial charge in [-0.05, 0) is 54.4 Å². The Hall–Kier alpha value is -3.23. The number of halogens is 3. The van der Waals surface area contributed by atoms with Crippen LogP contribution < -0.4 is 9.47 Å². The second-order valence-electron chi connectivity index (χ2n) is 10.4. The van der Waals surface area contributed by atoms with E-state index in [1.54, 1.807) is 18.2 Å². The highest BCUT2D eigenvalue weighted by Gasteiger charge is 2.35. The molecule has 4 rings (SSSR count). The van der Waals surface area contributed by atoms with Crippen molar-refractivity contribution in [2.45, 2.75) is 58.9 Å². The number of ether oxygens (including phenoxy) is 3. The third-order valence-corrected chi connectivity index (χ3v) is 6.74. The van der Waals surface area contributed by atoms with E-state index in [-0.39, 0.29) is 22.8 Å². The summed E-state index contributed by atoms with van der Waals surface area (Å²) < 4.78 is 54.3. The minimum Gasteiger partial charge on any atom is -0.496 e. The lowest BCUT2D eigenvalue weighted by Crippen LogP contribution is -2.30. The molecule has 0 amide bonds. The van der Waals surface area contributed by atoms with Gasteiger partial charge >= 0.3 is 12.3 Å². The van der Waals surface area contributed by atoms with Crippen molar-refractivity contribution in [3.05, 3.63) is 53.3 Å². The summed E-state index contributed by atoms with van der Waals surface area (Å²) in [5.41, 5.74) is 2.71. The van der Waals surface area contributed by atoms with Crippen molar-refractivity contribution in [1.82, 2.24) is 9.55 Å². The first kappa shape index (κ1) is 25.9. The van der Waals surface area contributed by atoms with Crippen molar-refractivity contribution in [2.24, 2.45) is 11.3 Å². The van der Waals surface area contributed by atoms with Crippen LogP contribution in [0.25, 0.3) is 11.0 Å². The molecule has 36 heavy (non-hydrogen) atoms. The summed E-state index contributed by atoms with van der Waals surface area (Å²) in [5, 5.41) is 0. The molecule has 1 saturated carbocycles. The maximum absolute atomic E-state index is 12.6. The predicted molar refractivity (Wildman–Crippen MR) is 129 cm³/mol. The van der Waals surface area contributed by atoms with Gasteiger partial charge in [-0.3, -0.25) is 0 Å². The Balaban J connectivity index is 1.80. The van der Waals surface area contributed by atoms with Gasteiger partial charge in [-0.1, -0.05) is 32.9 Å². The maximum atomic E-state index is 12.6. The lowest BCUT2D eigenvalue weighted by Gasteiger charge is -2.40. The molecule has 1 heterocycles. The lowest BCUT2D eigenvalue weighted by molar-refractivity contribution is -0.274. The van der Waals surface area contributed by atoms with Gasteiger partial charge in [0.2, 0.25) is 0 Å². The van der Waals surface area contributed by atoms with Crippen LogP contribution in [-0.4, -0.2) is 36.1 Å². The zero-order valence-electron chi connectivity index (χ0n) is 21.1. The Morgan fingerprint density at radius 1 is 1.14 bits per heavy atom. The zero-order valence-corrected chi connectivity index (χ0v) is 21.1. The second-order valence-corrected chi connectivity index (χ2v) is 10.4. The van der Waals surface area contributed by atoms with Crippen molar-refractivity contribution in [3.63, 3.8) is 0 Å². The van der Waals surface area contributed by atoms with Crippen LogP contribution in [0.1, 0.15) is 67.8 Å². The third kappa shape index (κ3) is 5.60. The SMILES string of the molecule is COC(=O)c1cc2nc(Cc3ccc(OC(F)(F)F)cc3)n(C3CC(C)CC(C)(C)C3)c2cc1OC. The first-order valence-corrected chi connectivity index (χ1v) is 11.9. The van der Waals surface area contributed by atoms with Crippen LogP contribution in [0, 0.1) is 11.3 Å².